The van der Waals surface area contributed by atoms with Crippen LogP contribution >= 0.6 is 35.2 Å². The van der Waals surface area contributed by atoms with Crippen molar-refractivity contribution in [2.24, 2.45) is 4.40 Å². The van der Waals surface area contributed by atoms with Crippen molar-refractivity contribution in [1.29, 1.82) is 0 Å². The summed E-state index contributed by atoms with van der Waals surface area (Å²) in [5.74, 6) is 0. The number of hydrogen-bond donors (Lipinski definition) is 3. The maximum absolute atomic E-state index is 4.84. The van der Waals surface area contributed by atoms with Crippen LogP contribution in [0.4, 0.5) is 0 Å². The van der Waals surface area contributed by atoms with E-state index in [1.165, 1.54) is 56.2 Å². The zero-order chi connectivity index (χ0) is 29.9. The van der Waals surface area contributed by atoms with E-state index in [-0.39, 0.29) is 16.9 Å². The van der Waals surface area contributed by atoms with Gasteiger partial charge in [0, 0.05) is 60.1 Å². The fourth-order valence-electron chi connectivity index (χ4n) is 5.66. The lowest BCUT2D eigenvalue weighted by Gasteiger charge is -2.23. The minimum atomic E-state index is 0.0453. The summed E-state index contributed by atoms with van der Waals surface area (Å²) in [5.41, 5.74) is 12.5. The Kier molecular flexibility index (Phi) is 7.12. The summed E-state index contributed by atoms with van der Waals surface area (Å²) in [6, 6.07) is 17.7. The molecule has 9 heteroatoms. The molecule has 43 heavy (non-hydrogen) atoms. The fourth-order valence-corrected chi connectivity index (χ4v) is 8.00. The average molecular weight is 625 g/mol. The number of H-pyrrole nitrogens is 2. The largest absolute Gasteiger partial charge is 0.358 e. The second-order valence-electron chi connectivity index (χ2n) is 12.7. The number of nitrogens with one attached hydrogen (secondary N) is 3. The van der Waals surface area contributed by atoms with Gasteiger partial charge in [-0.1, -0.05) is 59.8 Å². The van der Waals surface area contributed by atoms with Gasteiger partial charge in [0.05, 0.1) is 35.6 Å². The number of rotatable bonds is 8. The van der Waals surface area contributed by atoms with E-state index in [0.717, 1.165) is 52.1 Å². The molecule has 2 aliphatic rings. The van der Waals surface area contributed by atoms with Gasteiger partial charge < -0.3 is 9.97 Å². The SMILES string of the molecule is CCC(C)(C)c1ccc(C2=CC=C(c3ccc(-c4ccc(-c5ccc(C(C)(C)CC)[nH]5)c5nsnc45)s3)C3=NSNC23)[nH]1. The first-order valence-electron chi connectivity index (χ1n) is 14.9. The van der Waals surface area contributed by atoms with E-state index in [4.69, 9.17) is 13.1 Å². The Morgan fingerprint density at radius 2 is 1.35 bits per heavy atom. The molecule has 1 aliphatic carbocycles. The molecular formula is C34H36N6S3. The minimum absolute atomic E-state index is 0.0453. The molecule has 1 aliphatic heterocycles. The molecule has 6 nitrogen and oxygen atoms in total. The van der Waals surface area contributed by atoms with E-state index < -0.39 is 0 Å². The Hall–Kier alpha value is -3.24. The molecule has 4 aromatic heterocycles. The van der Waals surface area contributed by atoms with Gasteiger partial charge in [0.15, 0.2) is 0 Å². The Bertz CT molecular complexity index is 1930. The van der Waals surface area contributed by atoms with Gasteiger partial charge in [-0.05, 0) is 60.9 Å². The van der Waals surface area contributed by atoms with Gasteiger partial charge in [0.25, 0.3) is 0 Å². The van der Waals surface area contributed by atoms with Gasteiger partial charge >= 0.3 is 0 Å². The summed E-state index contributed by atoms with van der Waals surface area (Å²) in [4.78, 5) is 9.74. The summed E-state index contributed by atoms with van der Waals surface area (Å²) < 4.78 is 17.9. The van der Waals surface area contributed by atoms with Crippen LogP contribution in [0.5, 0.6) is 0 Å². The highest BCUT2D eigenvalue weighted by molar-refractivity contribution is 7.96. The van der Waals surface area contributed by atoms with Crippen molar-refractivity contribution in [3.05, 3.63) is 82.6 Å². The summed E-state index contributed by atoms with van der Waals surface area (Å²) >= 11 is 4.49. The number of thiophene rings is 1. The van der Waals surface area contributed by atoms with E-state index in [2.05, 4.69) is 117 Å². The number of fused-ring (bicyclic) bond motifs is 2. The van der Waals surface area contributed by atoms with E-state index >= 15 is 0 Å². The second kappa shape index (κ2) is 10.7. The molecule has 1 aromatic carbocycles. The molecule has 0 saturated carbocycles. The molecule has 3 N–H and O–H groups in total. The highest BCUT2D eigenvalue weighted by Crippen LogP contribution is 2.42. The van der Waals surface area contributed by atoms with Crippen LogP contribution in [0, 0.1) is 0 Å². The first kappa shape index (κ1) is 28.5. The molecule has 5 heterocycles. The van der Waals surface area contributed by atoms with Crippen molar-refractivity contribution >= 4 is 63.1 Å². The van der Waals surface area contributed by atoms with Crippen LogP contribution in [0.15, 0.2) is 65.1 Å². The van der Waals surface area contributed by atoms with Crippen LogP contribution in [0.1, 0.15) is 76.3 Å². The molecular weight excluding hydrogens is 589 g/mol. The topological polar surface area (TPSA) is 81.8 Å². The van der Waals surface area contributed by atoms with Crippen molar-refractivity contribution < 1.29 is 0 Å². The minimum Gasteiger partial charge on any atom is -0.358 e. The van der Waals surface area contributed by atoms with Crippen molar-refractivity contribution in [3.63, 3.8) is 0 Å². The highest BCUT2D eigenvalue weighted by Gasteiger charge is 2.34. The average Bonchev–Trinajstić information content (AvgIpc) is 3.85. The van der Waals surface area contributed by atoms with Gasteiger partial charge in [-0.2, -0.15) is 8.75 Å². The number of nitrogens with zero attached hydrogens (tertiary/aromatic N) is 3. The molecule has 7 rings (SSSR count). The van der Waals surface area contributed by atoms with E-state index in [0.29, 0.717) is 0 Å². The first-order chi connectivity index (χ1) is 20.7. The third-order valence-corrected chi connectivity index (χ3v) is 11.7. The van der Waals surface area contributed by atoms with Crippen LogP contribution in [-0.2, 0) is 10.8 Å². The van der Waals surface area contributed by atoms with Crippen molar-refractivity contribution in [2.75, 3.05) is 0 Å². The van der Waals surface area contributed by atoms with Crippen LogP contribution in [0.3, 0.4) is 0 Å². The molecule has 0 spiro atoms. The van der Waals surface area contributed by atoms with E-state index in [9.17, 15) is 0 Å². The van der Waals surface area contributed by atoms with Crippen LogP contribution in [0.25, 0.3) is 43.9 Å². The predicted octanol–water partition coefficient (Wildman–Crippen LogP) is 9.57. The van der Waals surface area contributed by atoms with Crippen LogP contribution < -0.4 is 4.72 Å². The molecule has 220 valence electrons. The predicted molar refractivity (Wildman–Crippen MR) is 186 cm³/mol. The number of hydrogen-bond acceptors (Lipinski definition) is 7. The van der Waals surface area contributed by atoms with Crippen molar-refractivity contribution in [1.82, 2.24) is 23.4 Å². The summed E-state index contributed by atoms with van der Waals surface area (Å²) in [7, 11) is 0. The normalized spacial score (nSPS) is 17.3. The highest BCUT2D eigenvalue weighted by atomic mass is 32.2. The molecule has 0 amide bonds. The maximum Gasteiger partial charge on any atom is 0.114 e. The first-order valence-corrected chi connectivity index (χ1v) is 17.2. The lowest BCUT2D eigenvalue weighted by Crippen LogP contribution is -2.31. The third kappa shape index (κ3) is 4.86. The maximum atomic E-state index is 4.84. The van der Waals surface area contributed by atoms with E-state index in [1.54, 1.807) is 11.3 Å². The molecule has 1 atom stereocenters. The lowest BCUT2D eigenvalue weighted by molar-refractivity contribution is 0.493. The Labute approximate surface area is 265 Å². The standard InChI is InChI=1S/C34H36N6S3/c1-7-33(3,4)27-17-13-23(35-27)19-9-11-21(31-29(19)37-42-39-31)25-15-16-26(41-25)22-12-10-20(30-32(22)40-43-38-30)24-14-18-28(36-24)34(5,6)8-2/h9-18,29,35-37H,7-8H2,1-6H3. The molecule has 1 unspecified atom stereocenters. The Balaban J connectivity index is 1.22. The Morgan fingerprint density at radius 1 is 0.721 bits per heavy atom. The summed E-state index contributed by atoms with van der Waals surface area (Å²) in [6.07, 6.45) is 6.62. The zero-order valence-corrected chi connectivity index (χ0v) is 27.8. The van der Waals surface area contributed by atoms with Gasteiger partial charge in [-0.25, -0.2) is 9.12 Å². The fraction of sp³-hybridized carbons (Fsp3) is 0.324. The van der Waals surface area contributed by atoms with Gasteiger partial charge in [0.2, 0.25) is 0 Å². The van der Waals surface area contributed by atoms with Crippen LogP contribution in [0.2, 0.25) is 0 Å². The number of aromatic nitrogens is 4. The number of allylic oxidation sites excluding steroid dienone is 2. The molecule has 5 aromatic rings. The Morgan fingerprint density at radius 3 is 2.07 bits per heavy atom. The lowest BCUT2D eigenvalue weighted by atomic mass is 9.87. The van der Waals surface area contributed by atoms with Crippen molar-refractivity contribution in [2.45, 2.75) is 71.3 Å². The van der Waals surface area contributed by atoms with Gasteiger partial charge in [0.1, 0.15) is 11.0 Å². The molecule has 0 fully saturated rings. The zero-order valence-electron chi connectivity index (χ0n) is 25.3. The van der Waals surface area contributed by atoms with Crippen molar-refractivity contribution in [3.8, 4) is 21.7 Å². The summed E-state index contributed by atoms with van der Waals surface area (Å²) in [6.45, 7) is 13.6. The quantitative estimate of drug-likeness (QED) is 0.150. The number of aromatic amines is 2. The van der Waals surface area contributed by atoms with Gasteiger partial charge in [-0.15, -0.1) is 11.3 Å². The summed E-state index contributed by atoms with van der Waals surface area (Å²) in [5, 5.41) is 0. The second-order valence-corrected chi connectivity index (χ2v) is 14.9. The molecule has 0 radical (unpaired) electrons. The van der Waals surface area contributed by atoms with E-state index in [1.807, 2.05) is 0 Å². The van der Waals surface area contributed by atoms with Crippen LogP contribution in [-0.4, -0.2) is 30.5 Å². The molecule has 0 saturated heterocycles. The smallest absolute Gasteiger partial charge is 0.114 e. The monoisotopic (exact) mass is 624 g/mol. The number of benzene rings is 1. The molecule has 0 bridgehead atoms. The third-order valence-electron chi connectivity index (χ3n) is 9.36. The van der Waals surface area contributed by atoms with Gasteiger partial charge in [-0.3, -0.25) is 0 Å².